The van der Waals surface area contributed by atoms with Crippen LogP contribution in [0.15, 0.2) is 34.7 Å². The summed E-state index contributed by atoms with van der Waals surface area (Å²) >= 11 is 0. The molecule has 1 aromatic rings. The van der Waals surface area contributed by atoms with Gasteiger partial charge < -0.3 is 14.6 Å². The molecule has 5 atom stereocenters. The first-order chi connectivity index (χ1) is 11.3. The van der Waals surface area contributed by atoms with Gasteiger partial charge in [0.1, 0.15) is 5.41 Å². The van der Waals surface area contributed by atoms with Crippen LogP contribution in [0, 0.1) is 22.7 Å². The SMILES string of the molecule is CC1=CCC[C@@H]2[C@@](C)(CCc3ccoc3)[C@H](C)C[C@H](O)[C@]12C(=O)O. The van der Waals surface area contributed by atoms with E-state index in [0.29, 0.717) is 6.42 Å². The van der Waals surface area contributed by atoms with Gasteiger partial charge in [-0.25, -0.2) is 0 Å². The van der Waals surface area contributed by atoms with E-state index in [-0.39, 0.29) is 17.3 Å². The number of furan rings is 1. The van der Waals surface area contributed by atoms with Gasteiger partial charge >= 0.3 is 5.97 Å². The second-order valence-corrected chi connectivity index (χ2v) is 7.98. The smallest absolute Gasteiger partial charge is 0.316 e. The topological polar surface area (TPSA) is 70.7 Å². The van der Waals surface area contributed by atoms with Gasteiger partial charge in [0.05, 0.1) is 18.6 Å². The third-order valence-electron chi connectivity index (χ3n) is 7.02. The molecule has 0 bridgehead atoms. The number of aliphatic hydroxyl groups is 1. The van der Waals surface area contributed by atoms with Gasteiger partial charge in [0.2, 0.25) is 0 Å². The van der Waals surface area contributed by atoms with E-state index in [9.17, 15) is 15.0 Å². The minimum atomic E-state index is -1.13. The molecule has 0 unspecified atom stereocenters. The number of fused-ring (bicyclic) bond motifs is 1. The standard InChI is InChI=1S/C20H28O4/c1-13-5-4-6-16-19(3,9-7-15-8-10-24-12-15)14(2)11-17(21)20(13,16)18(22)23/h5,8,10,12,14,16-17,21H,4,6-7,9,11H2,1-3H3,(H,22,23)/t14-,16-,17+,19+,20+/m1/s1. The molecular formula is C20H28O4. The van der Waals surface area contributed by atoms with Crippen LogP contribution < -0.4 is 0 Å². The van der Waals surface area contributed by atoms with Crippen LogP contribution in [0.25, 0.3) is 0 Å². The van der Waals surface area contributed by atoms with E-state index in [2.05, 4.69) is 13.8 Å². The molecule has 4 heteroatoms. The van der Waals surface area contributed by atoms with Gasteiger partial charge in [0.25, 0.3) is 0 Å². The highest BCUT2D eigenvalue weighted by atomic mass is 16.4. The number of aliphatic carboxylic acids is 1. The average Bonchev–Trinajstić information content (AvgIpc) is 3.04. The van der Waals surface area contributed by atoms with Crippen LogP contribution in [0.4, 0.5) is 0 Å². The number of carbonyl (C=O) groups is 1. The fraction of sp³-hybridized carbons (Fsp3) is 0.650. The Morgan fingerprint density at radius 2 is 2.21 bits per heavy atom. The lowest BCUT2D eigenvalue weighted by atomic mass is 9.45. The molecule has 2 N–H and O–H groups in total. The van der Waals surface area contributed by atoms with Gasteiger partial charge in [-0.15, -0.1) is 0 Å². The van der Waals surface area contributed by atoms with E-state index in [0.717, 1.165) is 36.8 Å². The predicted octanol–water partition coefficient (Wildman–Crippen LogP) is 4.05. The summed E-state index contributed by atoms with van der Waals surface area (Å²) in [6.45, 7) is 6.28. The molecule has 132 valence electrons. The van der Waals surface area contributed by atoms with E-state index < -0.39 is 17.5 Å². The third-order valence-corrected chi connectivity index (χ3v) is 7.02. The zero-order valence-electron chi connectivity index (χ0n) is 14.8. The molecule has 0 spiro atoms. The molecule has 2 aliphatic rings. The van der Waals surface area contributed by atoms with Crippen molar-refractivity contribution in [3.05, 3.63) is 35.8 Å². The third kappa shape index (κ3) is 2.34. The summed E-state index contributed by atoms with van der Waals surface area (Å²) in [4.78, 5) is 12.3. The molecular weight excluding hydrogens is 304 g/mol. The lowest BCUT2D eigenvalue weighted by molar-refractivity contribution is -0.181. The quantitative estimate of drug-likeness (QED) is 0.816. The van der Waals surface area contributed by atoms with Gasteiger partial charge in [-0.2, -0.15) is 0 Å². The van der Waals surface area contributed by atoms with Crippen molar-refractivity contribution in [1.29, 1.82) is 0 Å². The normalized spacial score (nSPS) is 39.2. The molecule has 0 aromatic carbocycles. The number of allylic oxidation sites excluding steroid dienone is 1. The van der Waals surface area contributed by atoms with Crippen molar-refractivity contribution in [3.8, 4) is 0 Å². The number of rotatable bonds is 4. The van der Waals surface area contributed by atoms with E-state index in [1.807, 2.05) is 19.1 Å². The molecule has 0 amide bonds. The Balaban J connectivity index is 1.99. The maximum absolute atomic E-state index is 12.3. The molecule has 1 aromatic heterocycles. The van der Waals surface area contributed by atoms with Crippen LogP contribution in [0.2, 0.25) is 0 Å². The van der Waals surface area contributed by atoms with Gasteiger partial charge in [0.15, 0.2) is 0 Å². The van der Waals surface area contributed by atoms with Crippen molar-refractivity contribution >= 4 is 5.97 Å². The average molecular weight is 332 g/mol. The van der Waals surface area contributed by atoms with Crippen LogP contribution in [0.5, 0.6) is 0 Å². The summed E-state index contributed by atoms with van der Waals surface area (Å²) in [6.07, 6.45) is 8.70. The first-order valence-corrected chi connectivity index (χ1v) is 8.93. The van der Waals surface area contributed by atoms with Gasteiger partial charge in [0, 0.05) is 0 Å². The number of carboxylic acids is 1. The molecule has 1 fully saturated rings. The fourth-order valence-corrected chi connectivity index (χ4v) is 5.35. The number of hydrogen-bond donors (Lipinski definition) is 2. The maximum atomic E-state index is 12.3. The largest absolute Gasteiger partial charge is 0.481 e. The first kappa shape index (κ1) is 17.3. The van der Waals surface area contributed by atoms with Crippen LogP contribution in [0.1, 0.15) is 52.0 Å². The molecule has 1 heterocycles. The van der Waals surface area contributed by atoms with Crippen molar-refractivity contribution in [1.82, 2.24) is 0 Å². The van der Waals surface area contributed by atoms with Gasteiger partial charge in [-0.3, -0.25) is 4.79 Å². The van der Waals surface area contributed by atoms with Crippen molar-refractivity contribution in [2.24, 2.45) is 22.7 Å². The van der Waals surface area contributed by atoms with Gasteiger partial charge in [-0.1, -0.05) is 25.5 Å². The molecule has 24 heavy (non-hydrogen) atoms. The van der Waals surface area contributed by atoms with E-state index in [1.165, 1.54) is 0 Å². The van der Waals surface area contributed by atoms with Crippen molar-refractivity contribution in [2.45, 2.75) is 59.0 Å². The van der Waals surface area contributed by atoms with E-state index in [1.54, 1.807) is 12.5 Å². The Morgan fingerprint density at radius 1 is 1.46 bits per heavy atom. The zero-order valence-corrected chi connectivity index (χ0v) is 14.8. The molecule has 0 saturated heterocycles. The summed E-state index contributed by atoms with van der Waals surface area (Å²) < 4.78 is 5.17. The molecule has 0 aliphatic heterocycles. The van der Waals surface area contributed by atoms with Crippen LogP contribution in [-0.4, -0.2) is 22.3 Å². The molecule has 0 radical (unpaired) electrons. The Hall–Kier alpha value is -1.55. The minimum absolute atomic E-state index is 0.0434. The van der Waals surface area contributed by atoms with Gasteiger partial charge in [-0.05, 0) is 67.9 Å². The van der Waals surface area contributed by atoms with Crippen molar-refractivity contribution in [2.75, 3.05) is 0 Å². The highest BCUT2D eigenvalue weighted by Crippen LogP contribution is 2.62. The maximum Gasteiger partial charge on any atom is 0.316 e. The van der Waals surface area contributed by atoms with Crippen LogP contribution in [-0.2, 0) is 11.2 Å². The first-order valence-electron chi connectivity index (χ1n) is 8.93. The minimum Gasteiger partial charge on any atom is -0.481 e. The second-order valence-electron chi connectivity index (χ2n) is 7.98. The number of aliphatic hydroxyl groups excluding tert-OH is 1. The van der Waals surface area contributed by atoms with E-state index in [4.69, 9.17) is 4.42 Å². The Kier molecular flexibility index (Phi) is 4.37. The zero-order chi connectivity index (χ0) is 17.5. The predicted molar refractivity (Wildman–Crippen MR) is 91.5 cm³/mol. The Labute approximate surface area is 143 Å². The molecule has 1 saturated carbocycles. The fourth-order valence-electron chi connectivity index (χ4n) is 5.35. The van der Waals surface area contributed by atoms with Crippen molar-refractivity contribution in [3.63, 3.8) is 0 Å². The van der Waals surface area contributed by atoms with Crippen molar-refractivity contribution < 1.29 is 19.4 Å². The summed E-state index contributed by atoms with van der Waals surface area (Å²) in [5.74, 6) is -0.629. The van der Waals surface area contributed by atoms with E-state index >= 15 is 0 Å². The number of carboxylic acid groups (broad SMARTS) is 1. The number of aryl methyl sites for hydroxylation is 1. The summed E-state index contributed by atoms with van der Waals surface area (Å²) in [7, 11) is 0. The second kappa shape index (κ2) is 6.07. The lowest BCUT2D eigenvalue weighted by Gasteiger charge is -2.59. The number of hydrogen-bond acceptors (Lipinski definition) is 3. The Bertz CT molecular complexity index is 632. The summed E-state index contributed by atoms with van der Waals surface area (Å²) in [5.41, 5.74) is 0.735. The Morgan fingerprint density at radius 3 is 2.83 bits per heavy atom. The lowest BCUT2D eigenvalue weighted by Crippen LogP contribution is -2.61. The molecule has 3 rings (SSSR count). The monoisotopic (exact) mass is 332 g/mol. The summed E-state index contributed by atoms with van der Waals surface area (Å²) in [6, 6.07) is 1.97. The summed E-state index contributed by atoms with van der Waals surface area (Å²) in [5, 5.41) is 20.9. The van der Waals surface area contributed by atoms with Crippen LogP contribution >= 0.6 is 0 Å². The van der Waals surface area contributed by atoms with Crippen LogP contribution in [0.3, 0.4) is 0 Å². The molecule has 2 aliphatic carbocycles. The highest BCUT2D eigenvalue weighted by molar-refractivity contribution is 5.80. The molecule has 4 nitrogen and oxygen atoms in total. The highest BCUT2D eigenvalue weighted by Gasteiger charge is 2.63.